The number of anilines is 1. The Bertz CT molecular complexity index is 665. The van der Waals surface area contributed by atoms with Gasteiger partial charge >= 0.3 is 0 Å². The predicted octanol–water partition coefficient (Wildman–Crippen LogP) is 3.27. The summed E-state index contributed by atoms with van der Waals surface area (Å²) < 4.78 is 0. The second-order valence-corrected chi connectivity index (χ2v) is 10.1. The summed E-state index contributed by atoms with van der Waals surface area (Å²) in [6.07, 6.45) is 0. The fraction of sp³-hybridized carbons (Fsp3) is 0.267. The van der Waals surface area contributed by atoms with E-state index in [4.69, 9.17) is 0 Å². The largest absolute Gasteiger partial charge is 0.278 e. The lowest BCUT2D eigenvalue weighted by Crippen LogP contribution is -2.16. The van der Waals surface area contributed by atoms with Crippen LogP contribution in [-0.2, 0) is 0 Å². The molecule has 21 heavy (non-hydrogen) atoms. The zero-order valence-electron chi connectivity index (χ0n) is 12.5. The molecule has 0 atom stereocenters. The van der Waals surface area contributed by atoms with Gasteiger partial charge < -0.3 is 0 Å². The number of nitrogens with zero attached hydrogens (tertiary/aromatic N) is 2. The molecule has 0 spiro atoms. The van der Waals surface area contributed by atoms with Crippen molar-refractivity contribution in [3.8, 4) is 23.3 Å². The third-order valence-electron chi connectivity index (χ3n) is 2.17. The summed E-state index contributed by atoms with van der Waals surface area (Å²) in [6.45, 7) is 8.22. The molecular formula is C15H17N3O2Si. The summed E-state index contributed by atoms with van der Waals surface area (Å²) in [5, 5.41) is 14.6. The van der Waals surface area contributed by atoms with Crippen LogP contribution in [0.2, 0.25) is 19.6 Å². The first-order chi connectivity index (χ1) is 9.78. The lowest BCUT2D eigenvalue weighted by molar-refractivity contribution is -0.384. The molecule has 1 aromatic carbocycles. The number of hydrogen-bond acceptors (Lipinski definition) is 4. The standard InChI is InChI=1S/C15H17N3O2Si/c1-13(7-5-6-12-21(2,3)4)16-17-14-8-10-15(11-9-14)18(19)20/h8-11,17H,1-4H3/b16-13-. The maximum Gasteiger partial charge on any atom is 0.269 e. The number of non-ortho nitro benzene ring substituents is 1. The Labute approximate surface area is 125 Å². The molecular weight excluding hydrogens is 282 g/mol. The van der Waals surface area contributed by atoms with Crippen molar-refractivity contribution in [1.29, 1.82) is 0 Å². The van der Waals surface area contributed by atoms with Crippen LogP contribution in [0.1, 0.15) is 6.92 Å². The molecule has 0 radical (unpaired) electrons. The first kappa shape index (κ1) is 16.5. The average molecular weight is 299 g/mol. The maximum absolute atomic E-state index is 10.5. The van der Waals surface area contributed by atoms with Crippen LogP contribution in [0.4, 0.5) is 11.4 Å². The van der Waals surface area contributed by atoms with Crippen LogP contribution in [0.15, 0.2) is 29.4 Å². The Hall–Kier alpha value is -2.57. The molecule has 6 heteroatoms. The van der Waals surface area contributed by atoms with Crippen molar-refractivity contribution in [3.05, 3.63) is 34.4 Å². The van der Waals surface area contributed by atoms with Gasteiger partial charge in [-0.3, -0.25) is 15.5 Å². The van der Waals surface area contributed by atoms with Crippen molar-refractivity contribution in [2.75, 3.05) is 5.43 Å². The van der Waals surface area contributed by atoms with Crippen molar-refractivity contribution in [2.24, 2.45) is 5.10 Å². The summed E-state index contributed by atoms with van der Waals surface area (Å²) in [5.41, 5.74) is 7.24. The van der Waals surface area contributed by atoms with Gasteiger partial charge in [-0.1, -0.05) is 19.6 Å². The van der Waals surface area contributed by atoms with E-state index in [2.05, 4.69) is 53.5 Å². The fourth-order valence-corrected chi connectivity index (χ4v) is 1.61. The zero-order valence-corrected chi connectivity index (χ0v) is 13.5. The van der Waals surface area contributed by atoms with Crippen molar-refractivity contribution in [3.63, 3.8) is 0 Å². The van der Waals surface area contributed by atoms with Crippen LogP contribution in [0.5, 0.6) is 0 Å². The van der Waals surface area contributed by atoms with E-state index in [1.807, 2.05) is 0 Å². The lowest BCUT2D eigenvalue weighted by Gasteiger charge is -2.01. The van der Waals surface area contributed by atoms with E-state index in [1.165, 1.54) is 12.1 Å². The Morgan fingerprint density at radius 3 is 2.38 bits per heavy atom. The molecule has 1 aromatic rings. The molecule has 0 heterocycles. The van der Waals surface area contributed by atoms with Crippen molar-refractivity contribution < 1.29 is 4.92 Å². The lowest BCUT2D eigenvalue weighted by atomic mass is 10.3. The van der Waals surface area contributed by atoms with Gasteiger partial charge in [-0.2, -0.15) is 5.10 Å². The van der Waals surface area contributed by atoms with E-state index >= 15 is 0 Å². The van der Waals surface area contributed by atoms with Crippen LogP contribution in [-0.4, -0.2) is 18.7 Å². The molecule has 0 unspecified atom stereocenters. The first-order valence-corrected chi connectivity index (χ1v) is 9.86. The molecule has 0 saturated heterocycles. The number of nitrogens with one attached hydrogen (secondary N) is 1. The molecule has 5 nitrogen and oxygen atoms in total. The highest BCUT2D eigenvalue weighted by atomic mass is 28.3. The van der Waals surface area contributed by atoms with Gasteiger partial charge in [0.15, 0.2) is 0 Å². The normalized spacial score (nSPS) is 10.8. The van der Waals surface area contributed by atoms with Gasteiger partial charge in [0.2, 0.25) is 0 Å². The van der Waals surface area contributed by atoms with E-state index in [-0.39, 0.29) is 5.69 Å². The summed E-state index contributed by atoms with van der Waals surface area (Å²) in [6, 6.07) is 6.01. The van der Waals surface area contributed by atoms with Gasteiger partial charge in [0.1, 0.15) is 13.8 Å². The summed E-state index contributed by atoms with van der Waals surface area (Å²) in [4.78, 5) is 10.1. The molecule has 1 N–H and O–H groups in total. The summed E-state index contributed by atoms with van der Waals surface area (Å²) in [5.74, 6) is 8.44. The highest BCUT2D eigenvalue weighted by Crippen LogP contribution is 2.15. The summed E-state index contributed by atoms with van der Waals surface area (Å²) in [7, 11) is -1.39. The molecule has 0 amide bonds. The van der Waals surface area contributed by atoms with Gasteiger partial charge in [-0.05, 0) is 36.8 Å². The maximum atomic E-state index is 10.5. The molecule has 0 saturated carbocycles. The number of nitro benzene ring substituents is 1. The minimum atomic E-state index is -1.39. The zero-order chi connectivity index (χ0) is 15.9. The van der Waals surface area contributed by atoms with Gasteiger partial charge in [-0.15, -0.1) is 5.54 Å². The minimum absolute atomic E-state index is 0.0441. The Balaban J connectivity index is 2.65. The number of rotatable bonds is 3. The Kier molecular flexibility index (Phi) is 5.71. The number of benzene rings is 1. The quantitative estimate of drug-likeness (QED) is 0.306. The van der Waals surface area contributed by atoms with Gasteiger partial charge in [0, 0.05) is 12.1 Å². The Morgan fingerprint density at radius 2 is 1.86 bits per heavy atom. The van der Waals surface area contributed by atoms with Crippen molar-refractivity contribution >= 4 is 25.2 Å². The highest BCUT2D eigenvalue weighted by Gasteiger charge is 2.06. The second kappa shape index (κ2) is 7.27. The molecule has 0 aromatic heterocycles. The van der Waals surface area contributed by atoms with E-state index in [0.29, 0.717) is 11.4 Å². The van der Waals surface area contributed by atoms with Crippen LogP contribution in [0.25, 0.3) is 0 Å². The van der Waals surface area contributed by atoms with Crippen molar-refractivity contribution in [2.45, 2.75) is 26.6 Å². The van der Waals surface area contributed by atoms with Crippen LogP contribution >= 0.6 is 0 Å². The molecule has 108 valence electrons. The van der Waals surface area contributed by atoms with E-state index in [9.17, 15) is 10.1 Å². The minimum Gasteiger partial charge on any atom is -0.278 e. The van der Waals surface area contributed by atoms with E-state index in [1.54, 1.807) is 19.1 Å². The molecule has 0 aliphatic heterocycles. The molecule has 0 fully saturated rings. The second-order valence-electron chi connectivity index (χ2n) is 5.36. The van der Waals surface area contributed by atoms with E-state index < -0.39 is 13.0 Å². The number of nitro groups is 1. The summed E-state index contributed by atoms with van der Waals surface area (Å²) >= 11 is 0. The third-order valence-corrected chi connectivity index (χ3v) is 3.05. The number of hydrogen-bond donors (Lipinski definition) is 1. The van der Waals surface area contributed by atoms with Crippen LogP contribution in [0.3, 0.4) is 0 Å². The molecule has 0 aliphatic carbocycles. The van der Waals surface area contributed by atoms with Gasteiger partial charge in [0.05, 0.1) is 10.6 Å². The SMILES string of the molecule is C/C(C#CC#C[Si](C)(C)C)=N/Nc1ccc([N+](=O)[O-])cc1. The average Bonchev–Trinajstić information content (AvgIpc) is 2.41. The molecule has 0 aliphatic rings. The van der Waals surface area contributed by atoms with E-state index in [0.717, 1.165) is 0 Å². The fourth-order valence-electron chi connectivity index (χ4n) is 1.17. The topological polar surface area (TPSA) is 67.5 Å². The number of hydrazone groups is 1. The predicted molar refractivity (Wildman–Crippen MR) is 88.7 cm³/mol. The third kappa shape index (κ3) is 6.95. The van der Waals surface area contributed by atoms with Gasteiger partial charge in [0.25, 0.3) is 5.69 Å². The highest BCUT2D eigenvalue weighted by molar-refractivity contribution is 6.83. The van der Waals surface area contributed by atoms with Crippen LogP contribution in [0, 0.1) is 33.4 Å². The van der Waals surface area contributed by atoms with Crippen LogP contribution < -0.4 is 5.43 Å². The smallest absolute Gasteiger partial charge is 0.269 e. The van der Waals surface area contributed by atoms with Gasteiger partial charge in [-0.25, -0.2) is 0 Å². The Morgan fingerprint density at radius 1 is 1.24 bits per heavy atom. The first-order valence-electron chi connectivity index (χ1n) is 6.36. The van der Waals surface area contributed by atoms with Crippen molar-refractivity contribution in [1.82, 2.24) is 0 Å². The molecule has 1 rings (SSSR count). The molecule has 0 bridgehead atoms. The monoisotopic (exact) mass is 299 g/mol.